The molecule has 0 aliphatic carbocycles. The lowest BCUT2D eigenvalue weighted by molar-refractivity contribution is -0.119. The summed E-state index contributed by atoms with van der Waals surface area (Å²) in [4.78, 5) is 14.1. The quantitative estimate of drug-likeness (QED) is 0.868. The van der Waals surface area contributed by atoms with Crippen molar-refractivity contribution >= 4 is 33.2 Å². The molecule has 18 heavy (non-hydrogen) atoms. The second-order valence-electron chi connectivity index (χ2n) is 5.33. The summed E-state index contributed by atoms with van der Waals surface area (Å²) in [5.74, 6) is 0.706. The van der Waals surface area contributed by atoms with E-state index < -0.39 is 0 Å². The highest BCUT2D eigenvalue weighted by Gasteiger charge is 2.34. The minimum Gasteiger partial charge on any atom is -0.398 e. The number of amides is 1. The molecule has 1 aromatic rings. The summed E-state index contributed by atoms with van der Waals surface area (Å²) < 4.78 is 0.867. The lowest BCUT2D eigenvalue weighted by Gasteiger charge is -2.19. The summed E-state index contributed by atoms with van der Waals surface area (Å²) in [6.07, 6.45) is 1.01. The maximum atomic E-state index is 12.3. The van der Waals surface area contributed by atoms with E-state index in [1.165, 1.54) is 0 Å². The van der Waals surface area contributed by atoms with E-state index in [2.05, 4.69) is 29.8 Å². The second-order valence-corrected chi connectivity index (χ2v) is 6.18. The Labute approximate surface area is 116 Å². The van der Waals surface area contributed by atoms with E-state index in [4.69, 9.17) is 5.73 Å². The van der Waals surface area contributed by atoms with E-state index in [0.29, 0.717) is 11.6 Å². The molecule has 1 aromatic carbocycles. The Kier molecular flexibility index (Phi) is 3.66. The smallest absolute Gasteiger partial charge is 0.234 e. The largest absolute Gasteiger partial charge is 0.398 e. The first-order valence-electron chi connectivity index (χ1n) is 6.32. The number of carbonyl (C=O) groups is 1. The second kappa shape index (κ2) is 4.92. The molecule has 1 amide bonds. The molecule has 0 bridgehead atoms. The standard InChI is InChI=1S/C14H19BrN2O/c1-8(2)4-5-17-13-7-12(16)11(15)6-10(13)9(3)14(17)18/h6-9H,4-5,16H2,1-3H3. The van der Waals surface area contributed by atoms with Gasteiger partial charge in [0.2, 0.25) is 5.91 Å². The maximum absolute atomic E-state index is 12.3. The molecule has 1 aliphatic rings. The molecular weight excluding hydrogens is 292 g/mol. The van der Waals surface area contributed by atoms with E-state index in [9.17, 15) is 4.79 Å². The minimum absolute atomic E-state index is 0.0657. The van der Waals surface area contributed by atoms with E-state index in [1.807, 2.05) is 24.0 Å². The first-order chi connectivity index (χ1) is 8.41. The summed E-state index contributed by atoms with van der Waals surface area (Å²) in [6.45, 7) is 7.07. The molecule has 98 valence electrons. The molecule has 0 saturated heterocycles. The van der Waals surface area contributed by atoms with Gasteiger partial charge >= 0.3 is 0 Å². The Bertz CT molecular complexity index is 485. The number of nitrogens with zero attached hydrogens (tertiary/aromatic N) is 1. The average Bonchev–Trinajstić information content (AvgIpc) is 2.51. The molecule has 2 N–H and O–H groups in total. The maximum Gasteiger partial charge on any atom is 0.234 e. The molecule has 0 aromatic heterocycles. The highest BCUT2D eigenvalue weighted by Crippen LogP contribution is 2.41. The summed E-state index contributed by atoms with van der Waals surface area (Å²) >= 11 is 3.42. The molecule has 1 heterocycles. The summed E-state index contributed by atoms with van der Waals surface area (Å²) in [5, 5.41) is 0. The van der Waals surface area contributed by atoms with Crippen LogP contribution < -0.4 is 10.6 Å². The van der Waals surface area contributed by atoms with Gasteiger partial charge in [0.05, 0.1) is 5.92 Å². The number of nitrogens with two attached hydrogens (primary N) is 1. The molecule has 0 spiro atoms. The van der Waals surface area contributed by atoms with Gasteiger partial charge in [0, 0.05) is 22.4 Å². The van der Waals surface area contributed by atoms with Gasteiger partial charge in [0.15, 0.2) is 0 Å². The molecule has 0 saturated carbocycles. The van der Waals surface area contributed by atoms with Crippen molar-refractivity contribution in [3.63, 3.8) is 0 Å². The fourth-order valence-electron chi connectivity index (χ4n) is 2.28. The number of benzene rings is 1. The number of carbonyl (C=O) groups excluding carboxylic acids is 1. The zero-order valence-electron chi connectivity index (χ0n) is 11.0. The molecule has 3 nitrogen and oxygen atoms in total. The highest BCUT2D eigenvalue weighted by atomic mass is 79.9. The fourth-order valence-corrected chi connectivity index (χ4v) is 2.64. The molecule has 0 fully saturated rings. The lowest BCUT2D eigenvalue weighted by Crippen LogP contribution is -2.29. The van der Waals surface area contributed by atoms with Crippen LogP contribution in [-0.2, 0) is 4.79 Å². The van der Waals surface area contributed by atoms with Crippen LogP contribution in [0.15, 0.2) is 16.6 Å². The first-order valence-corrected chi connectivity index (χ1v) is 7.11. The van der Waals surface area contributed by atoms with Crippen molar-refractivity contribution in [3.8, 4) is 0 Å². The van der Waals surface area contributed by atoms with Gasteiger partial charge < -0.3 is 10.6 Å². The number of anilines is 2. The summed E-state index contributed by atoms with van der Waals surface area (Å²) in [7, 11) is 0. The van der Waals surface area contributed by atoms with Crippen LogP contribution >= 0.6 is 15.9 Å². The van der Waals surface area contributed by atoms with Crippen LogP contribution in [0.1, 0.15) is 38.7 Å². The predicted octanol–water partition coefficient (Wildman–Crippen LogP) is 3.53. The van der Waals surface area contributed by atoms with Crippen molar-refractivity contribution in [1.29, 1.82) is 0 Å². The normalized spacial score (nSPS) is 18.6. The van der Waals surface area contributed by atoms with Crippen molar-refractivity contribution < 1.29 is 4.79 Å². The van der Waals surface area contributed by atoms with Crippen LogP contribution in [0.25, 0.3) is 0 Å². The van der Waals surface area contributed by atoms with Crippen molar-refractivity contribution in [3.05, 3.63) is 22.2 Å². The van der Waals surface area contributed by atoms with Crippen LogP contribution in [0.2, 0.25) is 0 Å². The Balaban J connectivity index is 2.35. The van der Waals surface area contributed by atoms with Gasteiger partial charge in [0.25, 0.3) is 0 Å². The van der Waals surface area contributed by atoms with Crippen LogP contribution in [0, 0.1) is 5.92 Å². The third kappa shape index (κ3) is 2.26. The van der Waals surface area contributed by atoms with Crippen molar-refractivity contribution in [2.24, 2.45) is 5.92 Å². The first kappa shape index (κ1) is 13.4. The fraction of sp³-hybridized carbons (Fsp3) is 0.500. The van der Waals surface area contributed by atoms with Gasteiger partial charge in [0.1, 0.15) is 0 Å². The number of halogens is 1. The predicted molar refractivity (Wildman–Crippen MR) is 78.8 cm³/mol. The summed E-state index contributed by atoms with van der Waals surface area (Å²) in [6, 6.07) is 3.88. The molecule has 1 aliphatic heterocycles. The van der Waals surface area contributed by atoms with Crippen molar-refractivity contribution in [2.75, 3.05) is 17.2 Å². The van der Waals surface area contributed by atoms with Crippen LogP contribution in [0.3, 0.4) is 0 Å². The molecule has 1 atom stereocenters. The van der Waals surface area contributed by atoms with Gasteiger partial charge in [-0.15, -0.1) is 0 Å². The van der Waals surface area contributed by atoms with Gasteiger partial charge in [-0.3, -0.25) is 4.79 Å². The van der Waals surface area contributed by atoms with Crippen LogP contribution in [0.4, 0.5) is 11.4 Å². The van der Waals surface area contributed by atoms with E-state index >= 15 is 0 Å². The Morgan fingerprint density at radius 2 is 2.11 bits per heavy atom. The van der Waals surface area contributed by atoms with Crippen molar-refractivity contribution in [2.45, 2.75) is 33.1 Å². The number of nitrogen functional groups attached to an aromatic ring is 1. The number of fused-ring (bicyclic) bond motifs is 1. The van der Waals surface area contributed by atoms with Crippen LogP contribution in [-0.4, -0.2) is 12.5 Å². The Hall–Kier alpha value is -1.03. The number of hydrogen-bond acceptors (Lipinski definition) is 2. The monoisotopic (exact) mass is 310 g/mol. The van der Waals surface area contributed by atoms with Gasteiger partial charge in [-0.05, 0) is 52.9 Å². The molecular formula is C14H19BrN2O. The topological polar surface area (TPSA) is 46.3 Å². The number of rotatable bonds is 3. The lowest BCUT2D eigenvalue weighted by atomic mass is 10.0. The SMILES string of the molecule is CC(C)CCN1C(=O)C(C)c2cc(Br)c(N)cc21. The van der Waals surface area contributed by atoms with Gasteiger partial charge in [-0.2, -0.15) is 0 Å². The van der Waals surface area contributed by atoms with E-state index in [0.717, 1.165) is 28.7 Å². The van der Waals surface area contributed by atoms with E-state index in [1.54, 1.807) is 0 Å². The third-order valence-electron chi connectivity index (χ3n) is 3.47. The zero-order chi connectivity index (χ0) is 13.4. The van der Waals surface area contributed by atoms with Crippen LogP contribution in [0.5, 0.6) is 0 Å². The zero-order valence-corrected chi connectivity index (χ0v) is 12.6. The third-order valence-corrected chi connectivity index (χ3v) is 4.16. The highest BCUT2D eigenvalue weighted by molar-refractivity contribution is 9.10. The Morgan fingerprint density at radius 3 is 2.72 bits per heavy atom. The minimum atomic E-state index is -0.0657. The van der Waals surface area contributed by atoms with Crippen molar-refractivity contribution in [1.82, 2.24) is 0 Å². The molecule has 4 heteroatoms. The summed E-state index contributed by atoms with van der Waals surface area (Å²) in [5.41, 5.74) is 8.66. The average molecular weight is 311 g/mol. The molecule has 1 unspecified atom stereocenters. The number of hydrogen-bond donors (Lipinski definition) is 1. The van der Waals surface area contributed by atoms with E-state index in [-0.39, 0.29) is 11.8 Å². The molecule has 0 radical (unpaired) electrons. The van der Waals surface area contributed by atoms with Gasteiger partial charge in [-0.1, -0.05) is 13.8 Å². The van der Waals surface area contributed by atoms with Gasteiger partial charge in [-0.25, -0.2) is 0 Å². The molecule has 2 rings (SSSR count). The Morgan fingerprint density at radius 1 is 1.44 bits per heavy atom.